The summed E-state index contributed by atoms with van der Waals surface area (Å²) in [5.74, 6) is 0. The van der Waals surface area contributed by atoms with Crippen LogP contribution >= 0.6 is 23.2 Å². The number of nitrogens with one attached hydrogen (secondary N) is 1. The molecule has 0 aliphatic carbocycles. The van der Waals surface area contributed by atoms with Crippen molar-refractivity contribution in [3.8, 4) is 11.1 Å². The number of aromatic nitrogens is 1. The number of nitrogens with zero attached hydrogens (tertiary/aromatic N) is 3. The van der Waals surface area contributed by atoms with Crippen LogP contribution in [0.1, 0.15) is 36.9 Å². The van der Waals surface area contributed by atoms with E-state index in [9.17, 15) is 4.79 Å². The van der Waals surface area contributed by atoms with Crippen molar-refractivity contribution < 1.29 is 4.79 Å². The lowest BCUT2D eigenvalue weighted by atomic mass is 10.0. The van der Waals surface area contributed by atoms with E-state index < -0.39 is 0 Å². The Morgan fingerprint density at radius 3 is 2.67 bits per heavy atom. The van der Waals surface area contributed by atoms with Crippen LogP contribution in [-0.2, 0) is 0 Å². The number of pyridine rings is 1. The van der Waals surface area contributed by atoms with E-state index in [4.69, 9.17) is 23.2 Å². The molecular formula is C23H28Cl2N4O. The van der Waals surface area contributed by atoms with Crippen LogP contribution in [0.4, 0.5) is 4.79 Å². The fraction of sp³-hybridized carbons (Fsp3) is 0.391. The monoisotopic (exact) mass is 446 g/mol. The van der Waals surface area contributed by atoms with Crippen LogP contribution in [0, 0.1) is 0 Å². The van der Waals surface area contributed by atoms with Crippen molar-refractivity contribution in [1.29, 1.82) is 0 Å². The van der Waals surface area contributed by atoms with E-state index in [1.54, 1.807) is 23.4 Å². The highest BCUT2D eigenvalue weighted by molar-refractivity contribution is 6.44. The highest BCUT2D eigenvalue weighted by Gasteiger charge is 2.25. The molecule has 1 aromatic heterocycles. The number of likely N-dealkylation sites (tertiary alicyclic amines) is 1. The topological polar surface area (TPSA) is 48.5 Å². The normalized spacial score (nSPS) is 16.2. The van der Waals surface area contributed by atoms with E-state index in [1.807, 2.05) is 32.2 Å². The zero-order chi connectivity index (χ0) is 21.8. The molecule has 160 valence electrons. The van der Waals surface area contributed by atoms with Crippen LogP contribution in [0.5, 0.6) is 0 Å². The Kier molecular flexibility index (Phi) is 7.40. The molecule has 1 aliphatic heterocycles. The van der Waals surface area contributed by atoms with Gasteiger partial charge in [-0.25, -0.2) is 4.79 Å². The number of rotatable bonds is 5. The molecule has 1 saturated heterocycles. The molecule has 2 aromatic rings. The maximum Gasteiger partial charge on any atom is 0.317 e. The SMILES string of the molecule is C=Cc1cncc(-c2ccc(C(C)NC(=O)N(C)C3CCN(C)CC3)c(Cl)c2Cl)c1. The summed E-state index contributed by atoms with van der Waals surface area (Å²) in [6.07, 6.45) is 7.17. The summed E-state index contributed by atoms with van der Waals surface area (Å²) in [4.78, 5) is 21.1. The Labute approximate surface area is 188 Å². The predicted octanol–water partition coefficient (Wildman–Crippen LogP) is 5.50. The third-order valence-electron chi connectivity index (χ3n) is 5.78. The molecular weight excluding hydrogens is 419 g/mol. The first-order chi connectivity index (χ1) is 14.3. The third kappa shape index (κ3) is 4.97. The Morgan fingerprint density at radius 1 is 1.30 bits per heavy atom. The number of halogens is 2. The molecule has 5 nitrogen and oxygen atoms in total. The Bertz CT molecular complexity index is 925. The highest BCUT2D eigenvalue weighted by atomic mass is 35.5. The average Bonchev–Trinajstić information content (AvgIpc) is 2.75. The minimum atomic E-state index is -0.275. The van der Waals surface area contributed by atoms with Gasteiger partial charge in [0, 0.05) is 36.6 Å². The van der Waals surface area contributed by atoms with Gasteiger partial charge in [0.1, 0.15) is 0 Å². The first-order valence-corrected chi connectivity index (χ1v) is 10.8. The summed E-state index contributed by atoms with van der Waals surface area (Å²) in [6.45, 7) is 7.70. The minimum absolute atomic E-state index is 0.101. The first kappa shape index (κ1) is 22.6. The maximum absolute atomic E-state index is 12.8. The second kappa shape index (κ2) is 9.82. The fourth-order valence-electron chi connectivity index (χ4n) is 3.75. The maximum atomic E-state index is 12.8. The molecule has 0 spiro atoms. The Balaban J connectivity index is 1.74. The van der Waals surface area contributed by atoms with Crippen LogP contribution in [0.25, 0.3) is 17.2 Å². The van der Waals surface area contributed by atoms with Crippen molar-refractivity contribution in [3.63, 3.8) is 0 Å². The molecule has 0 radical (unpaired) electrons. The fourth-order valence-corrected chi connectivity index (χ4v) is 4.36. The van der Waals surface area contributed by atoms with Gasteiger partial charge in [0.15, 0.2) is 0 Å². The molecule has 0 saturated carbocycles. The lowest BCUT2D eigenvalue weighted by molar-refractivity contribution is 0.146. The molecule has 30 heavy (non-hydrogen) atoms. The van der Waals surface area contributed by atoms with E-state index in [1.165, 1.54) is 0 Å². The number of carbonyl (C=O) groups excluding carboxylic acids is 1. The molecule has 1 aliphatic rings. The highest BCUT2D eigenvalue weighted by Crippen LogP contribution is 2.38. The number of urea groups is 1. The summed E-state index contributed by atoms with van der Waals surface area (Å²) in [6, 6.07) is 5.65. The van der Waals surface area contributed by atoms with Crippen molar-refractivity contribution in [2.45, 2.75) is 31.8 Å². The second-order valence-corrected chi connectivity index (χ2v) is 8.61. The van der Waals surface area contributed by atoms with Crippen LogP contribution in [-0.4, -0.2) is 54.0 Å². The van der Waals surface area contributed by atoms with E-state index >= 15 is 0 Å². The number of hydrogen-bond acceptors (Lipinski definition) is 3. The van der Waals surface area contributed by atoms with E-state index in [-0.39, 0.29) is 18.1 Å². The molecule has 2 amide bonds. The van der Waals surface area contributed by atoms with Gasteiger partial charge in [0.2, 0.25) is 0 Å². The predicted molar refractivity (Wildman–Crippen MR) is 125 cm³/mol. The van der Waals surface area contributed by atoms with Gasteiger partial charge in [0.25, 0.3) is 0 Å². The van der Waals surface area contributed by atoms with Gasteiger partial charge in [-0.3, -0.25) is 4.98 Å². The van der Waals surface area contributed by atoms with Crippen molar-refractivity contribution in [1.82, 2.24) is 20.1 Å². The Morgan fingerprint density at radius 2 is 2.00 bits per heavy atom. The first-order valence-electron chi connectivity index (χ1n) is 10.1. The van der Waals surface area contributed by atoms with Crippen molar-refractivity contribution in [3.05, 3.63) is 58.3 Å². The molecule has 1 fully saturated rings. The largest absolute Gasteiger partial charge is 0.331 e. The minimum Gasteiger partial charge on any atom is -0.331 e. The molecule has 0 bridgehead atoms. The van der Waals surface area contributed by atoms with Crippen LogP contribution < -0.4 is 5.32 Å². The molecule has 1 atom stereocenters. The number of carbonyl (C=O) groups is 1. The van der Waals surface area contributed by atoms with Gasteiger partial charge >= 0.3 is 6.03 Å². The van der Waals surface area contributed by atoms with Gasteiger partial charge in [-0.05, 0) is 57.1 Å². The van der Waals surface area contributed by atoms with E-state index in [0.29, 0.717) is 10.0 Å². The summed E-state index contributed by atoms with van der Waals surface area (Å²) in [5, 5.41) is 3.94. The number of benzene rings is 1. The van der Waals surface area contributed by atoms with Gasteiger partial charge in [-0.2, -0.15) is 0 Å². The average molecular weight is 447 g/mol. The van der Waals surface area contributed by atoms with Gasteiger partial charge in [0.05, 0.1) is 16.1 Å². The van der Waals surface area contributed by atoms with Crippen molar-refractivity contribution in [2.75, 3.05) is 27.2 Å². The summed E-state index contributed by atoms with van der Waals surface area (Å²) < 4.78 is 0. The van der Waals surface area contributed by atoms with Gasteiger partial charge in [-0.15, -0.1) is 0 Å². The summed E-state index contributed by atoms with van der Waals surface area (Å²) in [7, 11) is 3.97. The number of piperidine rings is 1. The summed E-state index contributed by atoms with van der Waals surface area (Å²) >= 11 is 13.2. The van der Waals surface area contributed by atoms with E-state index in [2.05, 4.69) is 28.8 Å². The van der Waals surface area contributed by atoms with E-state index in [0.717, 1.165) is 48.2 Å². The summed E-state index contributed by atoms with van der Waals surface area (Å²) in [5.41, 5.74) is 3.35. The molecule has 1 N–H and O–H groups in total. The third-order valence-corrected chi connectivity index (χ3v) is 6.68. The Hall–Kier alpha value is -2.08. The van der Waals surface area contributed by atoms with Gasteiger partial charge in [-0.1, -0.05) is 48.0 Å². The molecule has 3 rings (SSSR count). The van der Waals surface area contributed by atoms with Gasteiger partial charge < -0.3 is 15.1 Å². The number of amides is 2. The zero-order valence-electron chi connectivity index (χ0n) is 17.7. The van der Waals surface area contributed by atoms with Crippen molar-refractivity contribution in [2.24, 2.45) is 0 Å². The quantitative estimate of drug-likeness (QED) is 0.659. The lowest BCUT2D eigenvalue weighted by Gasteiger charge is -2.35. The standard InChI is InChI=1S/C23H28Cl2N4O/c1-5-16-12-17(14-26-13-16)20-7-6-19(21(24)22(20)25)15(2)27-23(30)29(4)18-8-10-28(3)11-9-18/h5-7,12-15,18H,1,8-11H2,2-4H3,(H,27,30). The molecule has 7 heteroatoms. The molecule has 1 unspecified atom stereocenters. The lowest BCUT2D eigenvalue weighted by Crippen LogP contribution is -2.48. The zero-order valence-corrected chi connectivity index (χ0v) is 19.2. The second-order valence-electron chi connectivity index (χ2n) is 7.86. The van der Waals surface area contributed by atoms with Crippen LogP contribution in [0.3, 0.4) is 0 Å². The number of hydrogen-bond donors (Lipinski definition) is 1. The van der Waals surface area contributed by atoms with Crippen LogP contribution in [0.15, 0.2) is 37.2 Å². The molecule has 1 aromatic carbocycles. The van der Waals surface area contributed by atoms with Crippen LogP contribution in [0.2, 0.25) is 10.0 Å². The smallest absolute Gasteiger partial charge is 0.317 e. The molecule has 2 heterocycles. The van der Waals surface area contributed by atoms with Crippen molar-refractivity contribution >= 4 is 35.3 Å².